The van der Waals surface area contributed by atoms with Gasteiger partial charge in [-0.2, -0.15) is 5.10 Å². The van der Waals surface area contributed by atoms with Gasteiger partial charge in [-0.1, -0.05) is 6.07 Å². The minimum Gasteiger partial charge on any atom is -0.381 e. The van der Waals surface area contributed by atoms with Crippen LogP contribution < -0.4 is 5.32 Å². The zero-order chi connectivity index (χ0) is 18.7. The highest BCUT2D eigenvalue weighted by Gasteiger charge is 2.43. The van der Waals surface area contributed by atoms with Crippen molar-refractivity contribution in [2.75, 3.05) is 13.2 Å². The van der Waals surface area contributed by atoms with E-state index in [9.17, 15) is 13.6 Å². The maximum Gasteiger partial charge on any atom is 0.231 e. The van der Waals surface area contributed by atoms with E-state index in [-0.39, 0.29) is 18.0 Å². The molecule has 140 valence electrons. The van der Waals surface area contributed by atoms with Gasteiger partial charge in [0.1, 0.15) is 11.6 Å². The number of halogens is 2. The fourth-order valence-electron chi connectivity index (χ4n) is 3.36. The number of amides is 1. The predicted molar refractivity (Wildman–Crippen MR) is 93.0 cm³/mol. The van der Waals surface area contributed by atoms with Crippen LogP contribution in [0.15, 0.2) is 18.2 Å². The van der Waals surface area contributed by atoms with Crippen LogP contribution in [0.25, 0.3) is 0 Å². The van der Waals surface area contributed by atoms with Gasteiger partial charge in [0.05, 0.1) is 12.0 Å². The molecule has 9 heteroatoms. The summed E-state index contributed by atoms with van der Waals surface area (Å²) in [6.07, 6.45) is 0.643. The van der Waals surface area contributed by atoms with Gasteiger partial charge in [0.2, 0.25) is 5.91 Å². The van der Waals surface area contributed by atoms with Gasteiger partial charge >= 0.3 is 0 Å². The largest absolute Gasteiger partial charge is 0.381 e. The third kappa shape index (κ3) is 3.41. The molecule has 0 radical (unpaired) electrons. The van der Waals surface area contributed by atoms with Gasteiger partial charge in [-0.05, 0) is 38.0 Å². The summed E-state index contributed by atoms with van der Waals surface area (Å²) in [5.74, 6) is -1.14. The average Bonchev–Trinajstić information content (AvgIpc) is 2.99. The molecule has 0 aliphatic carbocycles. The monoisotopic (exact) mass is 382 g/mol. The summed E-state index contributed by atoms with van der Waals surface area (Å²) < 4.78 is 35.3. The Balaban J connectivity index is 1.87. The van der Waals surface area contributed by atoms with Crippen LogP contribution in [0.3, 0.4) is 0 Å². The number of carbonyl (C=O) groups excluding carboxylic acids is 1. The Hall–Kier alpha value is -2.13. The molecule has 1 aromatic carbocycles. The fraction of sp³-hybridized carbons (Fsp3) is 0.471. The number of ether oxygens (including phenoxy) is 1. The number of nitrogens with one attached hydrogen (secondary N) is 2. The van der Waals surface area contributed by atoms with Gasteiger partial charge in [0.25, 0.3) is 0 Å². The summed E-state index contributed by atoms with van der Waals surface area (Å²) in [5, 5.41) is 9.64. The smallest absolute Gasteiger partial charge is 0.231 e. The van der Waals surface area contributed by atoms with Crippen molar-refractivity contribution in [2.24, 2.45) is 0 Å². The number of nitrogens with zero attached hydrogens (tertiary/aromatic N) is 2. The lowest BCUT2D eigenvalue weighted by Crippen LogP contribution is -2.48. The van der Waals surface area contributed by atoms with Crippen molar-refractivity contribution >= 4 is 18.1 Å². The lowest BCUT2D eigenvalue weighted by Gasteiger charge is -2.36. The normalized spacial score (nSPS) is 16.4. The second-order valence-corrected chi connectivity index (χ2v) is 6.58. The zero-order valence-electron chi connectivity index (χ0n) is 14.3. The van der Waals surface area contributed by atoms with Crippen molar-refractivity contribution < 1.29 is 18.3 Å². The molecule has 3 rings (SSSR count). The fourth-order valence-corrected chi connectivity index (χ4v) is 3.64. The van der Waals surface area contributed by atoms with Crippen LogP contribution in [-0.2, 0) is 28.0 Å². The topological polar surface area (TPSA) is 71.9 Å². The second-order valence-electron chi connectivity index (χ2n) is 6.19. The van der Waals surface area contributed by atoms with Crippen molar-refractivity contribution in [3.05, 3.63) is 46.0 Å². The van der Waals surface area contributed by atoms with Crippen LogP contribution in [0.2, 0.25) is 0 Å². The third-order valence-electron chi connectivity index (χ3n) is 4.79. The van der Waals surface area contributed by atoms with Crippen molar-refractivity contribution in [3.63, 3.8) is 0 Å². The van der Waals surface area contributed by atoms with E-state index in [2.05, 4.69) is 15.5 Å². The molecular weight excluding hydrogens is 362 g/mol. The van der Waals surface area contributed by atoms with Crippen LogP contribution in [0.4, 0.5) is 8.78 Å². The number of benzene rings is 1. The van der Waals surface area contributed by atoms with E-state index < -0.39 is 17.0 Å². The van der Waals surface area contributed by atoms with E-state index in [0.29, 0.717) is 43.2 Å². The average molecular weight is 382 g/mol. The first-order valence-electron chi connectivity index (χ1n) is 8.43. The Labute approximate surface area is 154 Å². The third-order valence-corrected chi connectivity index (χ3v) is 5.10. The number of hydrogen-bond donors (Lipinski definition) is 2. The number of aromatic nitrogens is 3. The molecule has 2 N–H and O–H groups in total. The van der Waals surface area contributed by atoms with Crippen LogP contribution in [0, 0.1) is 16.4 Å². The van der Waals surface area contributed by atoms with Gasteiger partial charge in [-0.3, -0.25) is 9.89 Å². The summed E-state index contributed by atoms with van der Waals surface area (Å²) in [4.78, 5) is 13.0. The Morgan fingerprint density at radius 1 is 1.42 bits per heavy atom. The molecule has 2 aromatic rings. The molecule has 0 unspecified atom stereocenters. The van der Waals surface area contributed by atoms with Crippen molar-refractivity contribution in [3.8, 4) is 0 Å². The minimum atomic E-state index is -1.10. The van der Waals surface area contributed by atoms with Crippen LogP contribution in [-0.4, -0.2) is 33.9 Å². The molecule has 1 saturated heterocycles. The molecule has 26 heavy (non-hydrogen) atoms. The summed E-state index contributed by atoms with van der Waals surface area (Å²) in [6.45, 7) is 3.36. The SMILES string of the molecule is CCn1c(CNC(=O)C2(c3ccc(F)cc3F)CCOCC2)n[nH]c1=S. The number of hydrogen-bond acceptors (Lipinski definition) is 4. The molecular formula is C17H20F2N4O2S. The molecule has 0 saturated carbocycles. The Kier molecular flexibility index (Phi) is 5.47. The van der Waals surface area contributed by atoms with Crippen LogP contribution in [0.5, 0.6) is 0 Å². The first-order chi connectivity index (χ1) is 12.5. The standard InChI is InChI=1S/C17H20F2N4O2S/c1-2-23-14(21-22-16(23)26)10-20-15(24)17(5-7-25-8-6-17)12-4-3-11(18)9-13(12)19/h3-4,9H,2,5-8,10H2,1H3,(H,20,24)(H,22,26). The number of rotatable bonds is 5. The molecule has 1 amide bonds. The predicted octanol–water partition coefficient (Wildman–Crippen LogP) is 2.60. The van der Waals surface area contributed by atoms with Crippen LogP contribution in [0.1, 0.15) is 31.2 Å². The summed E-state index contributed by atoms with van der Waals surface area (Å²) in [5.41, 5.74) is -0.908. The molecule has 6 nitrogen and oxygen atoms in total. The first kappa shape index (κ1) is 18.7. The highest BCUT2D eigenvalue weighted by atomic mass is 32.1. The van der Waals surface area contributed by atoms with E-state index in [4.69, 9.17) is 17.0 Å². The van der Waals surface area contributed by atoms with Crippen LogP contribution >= 0.6 is 12.2 Å². The molecule has 1 aliphatic rings. The minimum absolute atomic E-state index is 0.158. The van der Waals surface area contributed by atoms with Crippen molar-refractivity contribution in [1.29, 1.82) is 0 Å². The molecule has 0 bridgehead atoms. The van der Waals surface area contributed by atoms with Gasteiger partial charge < -0.3 is 14.6 Å². The first-order valence-corrected chi connectivity index (χ1v) is 8.84. The van der Waals surface area contributed by atoms with Crippen molar-refractivity contribution in [2.45, 2.75) is 38.3 Å². The maximum absolute atomic E-state index is 14.4. The van der Waals surface area contributed by atoms with Gasteiger partial charge in [-0.25, -0.2) is 8.78 Å². The second kappa shape index (κ2) is 7.63. The summed E-state index contributed by atoms with van der Waals surface area (Å²) >= 11 is 5.14. The number of carbonyl (C=O) groups is 1. The van der Waals surface area contributed by atoms with Crippen molar-refractivity contribution in [1.82, 2.24) is 20.1 Å². The lowest BCUT2D eigenvalue weighted by atomic mass is 9.73. The Bertz CT molecular complexity index is 859. The molecule has 1 fully saturated rings. The van der Waals surface area contributed by atoms with Gasteiger partial charge in [-0.15, -0.1) is 0 Å². The summed E-state index contributed by atoms with van der Waals surface area (Å²) in [6, 6.07) is 3.32. The van der Waals surface area contributed by atoms with Gasteiger partial charge in [0.15, 0.2) is 10.6 Å². The van der Waals surface area contributed by atoms with E-state index in [1.807, 2.05) is 6.92 Å². The zero-order valence-corrected chi connectivity index (χ0v) is 15.2. The van der Waals surface area contributed by atoms with E-state index in [1.54, 1.807) is 4.57 Å². The molecule has 0 spiro atoms. The molecule has 1 aliphatic heterocycles. The van der Waals surface area contributed by atoms with E-state index in [0.717, 1.165) is 6.07 Å². The Morgan fingerprint density at radius 2 is 2.15 bits per heavy atom. The number of aromatic amines is 1. The van der Waals surface area contributed by atoms with E-state index in [1.165, 1.54) is 12.1 Å². The van der Waals surface area contributed by atoms with Gasteiger partial charge in [0, 0.05) is 31.4 Å². The molecule has 0 atom stereocenters. The highest BCUT2D eigenvalue weighted by Crippen LogP contribution is 2.37. The maximum atomic E-state index is 14.4. The highest BCUT2D eigenvalue weighted by molar-refractivity contribution is 7.71. The Morgan fingerprint density at radius 3 is 2.81 bits per heavy atom. The lowest BCUT2D eigenvalue weighted by molar-refractivity contribution is -0.130. The quantitative estimate of drug-likeness (QED) is 0.780. The molecule has 2 heterocycles. The molecule has 1 aromatic heterocycles. The number of H-pyrrole nitrogens is 1. The van der Waals surface area contributed by atoms with E-state index >= 15 is 0 Å². The summed E-state index contributed by atoms with van der Waals surface area (Å²) in [7, 11) is 0.